The maximum Gasteiger partial charge on any atom is 0.313 e. The van der Waals surface area contributed by atoms with Gasteiger partial charge >= 0.3 is 5.69 Å². The second-order valence-electron chi connectivity index (χ2n) is 4.59. The van der Waals surface area contributed by atoms with Crippen molar-refractivity contribution in [3.8, 4) is 0 Å². The molecule has 4 N–H and O–H groups in total. The smallest absolute Gasteiger partial charge is 0.313 e. The van der Waals surface area contributed by atoms with Gasteiger partial charge < -0.3 is 5.43 Å². The normalized spacial score (nSPS) is 19.2. The van der Waals surface area contributed by atoms with E-state index in [4.69, 9.17) is 5.84 Å². The zero-order valence-corrected chi connectivity index (χ0v) is 12.7. The molecule has 116 valence electrons. The third-order valence-electron chi connectivity index (χ3n) is 3.11. The Labute approximate surface area is 126 Å². The van der Waals surface area contributed by atoms with Crippen molar-refractivity contribution in [3.63, 3.8) is 0 Å². The molecule has 1 aliphatic rings. The number of nitrogen functional groups attached to an aromatic ring is 1. The first-order valence-electron chi connectivity index (χ1n) is 6.30. The standard InChI is InChI=1S/C11H16N4O4S2/c12-13-9-4-1-5-10(11(9)15(16)17)21(18,19)14-8-3-2-6-20-7-8/h1,4-5,8,13-14H,2-3,6-7,12H2. The van der Waals surface area contributed by atoms with Crippen LogP contribution < -0.4 is 16.0 Å². The van der Waals surface area contributed by atoms with Gasteiger partial charge in [0.2, 0.25) is 10.0 Å². The fraction of sp³-hybridized carbons (Fsp3) is 0.455. The van der Waals surface area contributed by atoms with Crippen LogP contribution in [-0.2, 0) is 10.0 Å². The van der Waals surface area contributed by atoms with Crippen LogP contribution >= 0.6 is 11.8 Å². The number of nitrogens with one attached hydrogen (secondary N) is 2. The van der Waals surface area contributed by atoms with Gasteiger partial charge in [0, 0.05) is 11.8 Å². The maximum absolute atomic E-state index is 12.4. The highest BCUT2D eigenvalue weighted by atomic mass is 32.2. The molecule has 1 unspecified atom stereocenters. The second kappa shape index (κ2) is 6.60. The predicted molar refractivity (Wildman–Crippen MR) is 81.6 cm³/mol. The predicted octanol–water partition coefficient (Wildman–Crippen LogP) is 1.05. The van der Waals surface area contributed by atoms with Gasteiger partial charge in [-0.2, -0.15) is 11.8 Å². The van der Waals surface area contributed by atoms with Crippen molar-refractivity contribution in [2.24, 2.45) is 5.84 Å². The summed E-state index contributed by atoms with van der Waals surface area (Å²) in [5, 5.41) is 11.2. The van der Waals surface area contributed by atoms with E-state index in [1.165, 1.54) is 18.2 Å². The van der Waals surface area contributed by atoms with Gasteiger partial charge in [-0.25, -0.2) is 13.1 Å². The highest BCUT2D eigenvalue weighted by Crippen LogP contribution is 2.31. The van der Waals surface area contributed by atoms with Crippen molar-refractivity contribution < 1.29 is 13.3 Å². The van der Waals surface area contributed by atoms with E-state index in [0.717, 1.165) is 18.6 Å². The summed E-state index contributed by atoms with van der Waals surface area (Å²) in [5.74, 6) is 6.89. The quantitative estimate of drug-likeness (QED) is 0.418. The summed E-state index contributed by atoms with van der Waals surface area (Å²) < 4.78 is 27.3. The molecule has 0 saturated carbocycles. The van der Waals surface area contributed by atoms with Crippen LogP contribution in [-0.4, -0.2) is 30.9 Å². The lowest BCUT2D eigenvalue weighted by Gasteiger charge is -2.22. The Morgan fingerprint density at radius 1 is 1.43 bits per heavy atom. The van der Waals surface area contributed by atoms with Crippen molar-refractivity contribution in [3.05, 3.63) is 28.3 Å². The zero-order chi connectivity index (χ0) is 15.5. The van der Waals surface area contributed by atoms with Crippen molar-refractivity contribution in [2.45, 2.75) is 23.8 Å². The summed E-state index contributed by atoms with van der Waals surface area (Å²) in [4.78, 5) is 10.0. The highest BCUT2D eigenvalue weighted by molar-refractivity contribution is 7.99. The molecule has 0 aliphatic carbocycles. The van der Waals surface area contributed by atoms with Gasteiger partial charge in [-0.1, -0.05) is 6.07 Å². The number of nitrogens with zero attached hydrogens (tertiary/aromatic N) is 1. The molecule has 1 aromatic rings. The summed E-state index contributed by atoms with van der Waals surface area (Å²) in [6, 6.07) is 3.76. The lowest BCUT2D eigenvalue weighted by atomic mass is 10.2. The average molecular weight is 332 g/mol. The van der Waals surface area contributed by atoms with E-state index in [2.05, 4.69) is 10.1 Å². The summed E-state index contributed by atoms with van der Waals surface area (Å²) in [6.45, 7) is 0. The number of hydrogen-bond acceptors (Lipinski definition) is 7. The van der Waals surface area contributed by atoms with Crippen molar-refractivity contribution in [2.75, 3.05) is 16.9 Å². The molecule has 21 heavy (non-hydrogen) atoms. The van der Waals surface area contributed by atoms with Crippen LogP contribution in [0.15, 0.2) is 23.1 Å². The Balaban J connectivity index is 2.37. The zero-order valence-electron chi connectivity index (χ0n) is 11.1. The molecule has 8 nitrogen and oxygen atoms in total. The number of para-hydroxylation sites is 1. The van der Waals surface area contributed by atoms with Gasteiger partial charge in [-0.05, 0) is 30.7 Å². The molecule has 1 atom stereocenters. The Kier molecular flexibility index (Phi) is 5.04. The van der Waals surface area contributed by atoms with Gasteiger partial charge in [-0.3, -0.25) is 16.0 Å². The van der Waals surface area contributed by atoms with Crippen LogP contribution in [0.4, 0.5) is 11.4 Å². The van der Waals surface area contributed by atoms with E-state index in [9.17, 15) is 18.5 Å². The topological polar surface area (TPSA) is 127 Å². The fourth-order valence-corrected chi connectivity index (χ4v) is 4.80. The number of nitro benzene ring substituents is 1. The van der Waals surface area contributed by atoms with Crippen molar-refractivity contribution in [1.29, 1.82) is 0 Å². The summed E-state index contributed by atoms with van der Waals surface area (Å²) in [5.41, 5.74) is 1.57. The number of anilines is 1. The molecule has 1 aliphatic heterocycles. The molecular formula is C11H16N4O4S2. The van der Waals surface area contributed by atoms with Crippen LogP contribution in [0, 0.1) is 10.1 Å². The first kappa shape index (κ1) is 16.0. The van der Waals surface area contributed by atoms with Crippen LogP contribution in [0.5, 0.6) is 0 Å². The second-order valence-corrected chi connectivity index (χ2v) is 7.42. The molecule has 2 rings (SSSR count). The maximum atomic E-state index is 12.4. The first-order chi connectivity index (χ1) is 9.95. The van der Waals surface area contributed by atoms with E-state index in [0.29, 0.717) is 5.75 Å². The summed E-state index contributed by atoms with van der Waals surface area (Å²) in [6.07, 6.45) is 1.65. The Bertz CT molecular complexity index is 629. The monoisotopic (exact) mass is 332 g/mol. The van der Waals surface area contributed by atoms with Crippen LogP contribution in [0.1, 0.15) is 12.8 Å². The largest absolute Gasteiger partial charge is 0.318 e. The number of thioether (sulfide) groups is 1. The molecule has 1 saturated heterocycles. The molecule has 1 fully saturated rings. The van der Waals surface area contributed by atoms with Crippen LogP contribution in [0.25, 0.3) is 0 Å². The van der Waals surface area contributed by atoms with Crippen LogP contribution in [0.3, 0.4) is 0 Å². The van der Waals surface area contributed by atoms with E-state index >= 15 is 0 Å². The van der Waals surface area contributed by atoms with Gasteiger partial charge in [0.05, 0.1) is 4.92 Å². The fourth-order valence-electron chi connectivity index (χ4n) is 2.16. The molecule has 0 radical (unpaired) electrons. The van der Waals surface area contributed by atoms with Crippen molar-refractivity contribution in [1.82, 2.24) is 4.72 Å². The number of benzene rings is 1. The summed E-state index contributed by atoms with van der Waals surface area (Å²) in [7, 11) is -3.97. The summed E-state index contributed by atoms with van der Waals surface area (Å²) >= 11 is 1.66. The van der Waals surface area contributed by atoms with Gasteiger partial charge in [0.15, 0.2) is 4.90 Å². The molecule has 0 spiro atoms. The molecule has 1 aromatic carbocycles. The minimum Gasteiger partial charge on any atom is -0.318 e. The van der Waals surface area contributed by atoms with E-state index in [1.807, 2.05) is 0 Å². The molecule has 0 amide bonds. The third kappa shape index (κ3) is 3.64. The minimum atomic E-state index is -3.97. The Morgan fingerprint density at radius 3 is 2.76 bits per heavy atom. The van der Waals surface area contributed by atoms with E-state index in [-0.39, 0.29) is 16.6 Å². The van der Waals surface area contributed by atoms with E-state index in [1.54, 1.807) is 11.8 Å². The Morgan fingerprint density at radius 2 is 2.19 bits per heavy atom. The van der Waals surface area contributed by atoms with E-state index < -0.39 is 20.6 Å². The molecular weight excluding hydrogens is 316 g/mol. The van der Waals surface area contributed by atoms with Gasteiger partial charge in [0.25, 0.3) is 0 Å². The number of nitro groups is 1. The number of rotatable bonds is 5. The molecule has 1 heterocycles. The average Bonchev–Trinajstić information content (AvgIpc) is 2.46. The highest BCUT2D eigenvalue weighted by Gasteiger charge is 2.31. The lowest BCUT2D eigenvalue weighted by Crippen LogP contribution is -2.38. The lowest BCUT2D eigenvalue weighted by molar-refractivity contribution is -0.386. The number of sulfonamides is 1. The first-order valence-corrected chi connectivity index (χ1v) is 8.93. The molecule has 10 heteroatoms. The Hall–Kier alpha value is -1.36. The SMILES string of the molecule is NNc1cccc(S(=O)(=O)NC2CCCSC2)c1[N+](=O)[O-]. The van der Waals surface area contributed by atoms with Crippen molar-refractivity contribution >= 4 is 33.2 Å². The number of hydrazine groups is 1. The van der Waals surface area contributed by atoms with Gasteiger partial charge in [-0.15, -0.1) is 0 Å². The molecule has 0 aromatic heterocycles. The number of hydrogen-bond donors (Lipinski definition) is 3. The third-order valence-corrected chi connectivity index (χ3v) is 5.88. The van der Waals surface area contributed by atoms with Crippen LogP contribution in [0.2, 0.25) is 0 Å². The molecule has 0 bridgehead atoms. The minimum absolute atomic E-state index is 0.0408. The van der Waals surface area contributed by atoms with Gasteiger partial charge in [0.1, 0.15) is 5.69 Å². The number of nitrogens with two attached hydrogens (primary N) is 1.